The number of aromatic nitrogens is 2. The summed E-state index contributed by atoms with van der Waals surface area (Å²) < 4.78 is 0.937. The largest absolute Gasteiger partial charge is 1.00 e. The third kappa shape index (κ3) is 2.83. The molecule has 1 aromatic heterocycles. The van der Waals surface area contributed by atoms with E-state index in [9.17, 15) is 5.11 Å². The third-order valence-corrected chi connectivity index (χ3v) is 8.94. The minimum Gasteiger partial charge on any atom is -0.872 e. The number of hydrogen-bond acceptors (Lipinski definition) is 4. The minimum absolute atomic E-state index is 0. The van der Waals surface area contributed by atoms with Crippen LogP contribution in [0.1, 0.15) is 13.8 Å². The van der Waals surface area contributed by atoms with E-state index in [1.807, 2.05) is 18.2 Å². The van der Waals surface area contributed by atoms with E-state index in [0.717, 1.165) is 30.6 Å². The maximum Gasteiger partial charge on any atom is 1.00 e. The molecular formula is C19H13Cl2KN2OS2. The number of fused-ring (bicyclic) bond motifs is 4. The Bertz CT molecular complexity index is 1110. The molecule has 0 saturated heterocycles. The molecule has 1 N–H and O–H groups in total. The zero-order valence-electron chi connectivity index (χ0n) is 14.9. The van der Waals surface area contributed by atoms with E-state index < -0.39 is 0 Å². The Labute approximate surface area is 217 Å². The molecule has 3 nitrogen and oxygen atoms in total. The van der Waals surface area contributed by atoms with E-state index in [1.54, 1.807) is 41.7 Å². The number of benzene rings is 1. The molecule has 1 aliphatic carbocycles. The topological polar surface area (TPSA) is 51.7 Å². The van der Waals surface area contributed by atoms with E-state index >= 15 is 0 Å². The first kappa shape index (κ1) is 20.6. The van der Waals surface area contributed by atoms with Crippen LogP contribution in [0.4, 0.5) is 0 Å². The van der Waals surface area contributed by atoms with Crippen molar-refractivity contribution in [1.82, 2.24) is 9.97 Å². The summed E-state index contributed by atoms with van der Waals surface area (Å²) >= 11 is 16.1. The zero-order chi connectivity index (χ0) is 18.3. The van der Waals surface area contributed by atoms with Gasteiger partial charge in [0, 0.05) is 5.56 Å². The number of hydrogen-bond donors (Lipinski definition) is 1. The van der Waals surface area contributed by atoms with Gasteiger partial charge in [-0.05, 0) is 37.1 Å². The molecule has 3 heterocycles. The van der Waals surface area contributed by atoms with E-state index in [1.165, 1.54) is 0 Å². The summed E-state index contributed by atoms with van der Waals surface area (Å²) in [6, 6.07) is 6.92. The van der Waals surface area contributed by atoms with E-state index in [0.29, 0.717) is 11.4 Å². The Morgan fingerprint density at radius 2 is 1.59 bits per heavy atom. The van der Waals surface area contributed by atoms with Crippen LogP contribution < -0.4 is 67.2 Å². The van der Waals surface area contributed by atoms with Crippen LogP contribution in [-0.2, 0) is 0 Å². The second-order valence-corrected chi connectivity index (χ2v) is 11.0. The Hall–Kier alpha value is 0.366. The maximum absolute atomic E-state index is 12.3. The van der Waals surface area contributed by atoms with Gasteiger partial charge >= 0.3 is 51.4 Å². The molecule has 1 aromatic carbocycles. The van der Waals surface area contributed by atoms with Gasteiger partial charge in [0.1, 0.15) is 5.82 Å². The Morgan fingerprint density at radius 1 is 1.00 bits per heavy atom. The van der Waals surface area contributed by atoms with Crippen molar-refractivity contribution in [3.05, 3.63) is 55.8 Å². The molecule has 0 amide bonds. The molecule has 2 aromatic rings. The van der Waals surface area contributed by atoms with E-state index in [4.69, 9.17) is 28.2 Å². The van der Waals surface area contributed by atoms with Gasteiger partial charge in [-0.3, -0.25) is 0 Å². The van der Waals surface area contributed by atoms with Gasteiger partial charge in [-0.2, -0.15) is 0 Å². The summed E-state index contributed by atoms with van der Waals surface area (Å²) in [5, 5.41) is 14.0. The molecule has 27 heavy (non-hydrogen) atoms. The monoisotopic (exact) mass is 458 g/mol. The summed E-state index contributed by atoms with van der Waals surface area (Å²) in [5.74, 6) is 0.526. The molecule has 2 aliphatic heterocycles. The van der Waals surface area contributed by atoms with Crippen LogP contribution in [0.2, 0.25) is 0 Å². The van der Waals surface area contributed by atoms with Crippen LogP contribution in [0.15, 0.2) is 45.1 Å². The second-order valence-electron chi connectivity index (χ2n) is 6.80. The molecule has 132 valence electrons. The van der Waals surface area contributed by atoms with Gasteiger partial charge in [-0.15, -0.1) is 23.5 Å². The maximum atomic E-state index is 12.3. The summed E-state index contributed by atoms with van der Waals surface area (Å²) in [7, 11) is 0. The molecule has 8 heteroatoms. The molecule has 0 saturated carbocycles. The molecule has 3 aliphatic rings. The van der Waals surface area contributed by atoms with Gasteiger partial charge in [0.15, 0.2) is 0 Å². The first-order valence-electron chi connectivity index (χ1n) is 8.08. The van der Waals surface area contributed by atoms with Crippen LogP contribution in [0.25, 0.3) is 22.5 Å². The molecule has 0 radical (unpaired) electrons. The number of allylic oxidation sites excluding steroid dienone is 2. The van der Waals surface area contributed by atoms with E-state index in [2.05, 4.69) is 18.8 Å². The molecular weight excluding hydrogens is 446 g/mol. The van der Waals surface area contributed by atoms with Crippen molar-refractivity contribution >= 4 is 57.9 Å². The number of rotatable bonds is 1. The van der Waals surface area contributed by atoms with E-state index in [-0.39, 0.29) is 66.6 Å². The molecule has 2 atom stereocenters. The summed E-state index contributed by atoms with van der Waals surface area (Å²) in [4.78, 5) is 8.19. The predicted octanol–water partition coefficient (Wildman–Crippen LogP) is 0.641. The van der Waals surface area contributed by atoms with Crippen molar-refractivity contribution in [2.24, 2.45) is 0 Å². The molecule has 0 spiro atoms. The first-order valence-corrected chi connectivity index (χ1v) is 10.5. The fraction of sp³-hybridized carbons (Fsp3) is 0.211. The van der Waals surface area contributed by atoms with Crippen molar-refractivity contribution < 1.29 is 56.5 Å². The Morgan fingerprint density at radius 3 is 2.26 bits per heavy atom. The average molecular weight is 459 g/mol. The first-order chi connectivity index (χ1) is 12.3. The van der Waals surface area contributed by atoms with Crippen molar-refractivity contribution in [2.45, 2.75) is 23.3 Å². The standard InChI is InChI=1S/C19H14Cl2N2OS2.K/c1-18-10(7-13(20)25-18)15-16(11-8-14(21)26-19(11,18)2)23-17(22-15)9-5-3-4-6-12(9)24;/h3-8,24H,1-2H3,(H,22,23);/q;+1/p-1. The van der Waals surface area contributed by atoms with Crippen molar-refractivity contribution in [3.63, 3.8) is 0 Å². The second kappa shape index (κ2) is 6.96. The minimum atomic E-state index is -0.284. The van der Waals surface area contributed by atoms with Gasteiger partial charge in [0.25, 0.3) is 0 Å². The number of nitrogens with zero attached hydrogens (tertiary/aromatic N) is 1. The number of aromatic amines is 1. The van der Waals surface area contributed by atoms with Crippen LogP contribution in [0.3, 0.4) is 0 Å². The smallest absolute Gasteiger partial charge is 0.872 e. The molecule has 0 bridgehead atoms. The predicted molar refractivity (Wildman–Crippen MR) is 109 cm³/mol. The average Bonchev–Trinajstić information content (AvgIpc) is 3.22. The van der Waals surface area contributed by atoms with Crippen molar-refractivity contribution in [3.8, 4) is 17.1 Å². The third-order valence-electron chi connectivity index (χ3n) is 5.43. The fourth-order valence-electron chi connectivity index (χ4n) is 3.93. The number of imidazole rings is 1. The van der Waals surface area contributed by atoms with Crippen molar-refractivity contribution in [1.29, 1.82) is 0 Å². The van der Waals surface area contributed by atoms with Gasteiger partial charge in [-0.25, -0.2) is 4.98 Å². The van der Waals surface area contributed by atoms with Crippen molar-refractivity contribution in [2.75, 3.05) is 0 Å². The summed E-state index contributed by atoms with van der Waals surface area (Å²) in [6.07, 6.45) is 4.00. The number of halogens is 2. The number of H-pyrrole nitrogens is 1. The van der Waals surface area contributed by atoms with Gasteiger partial charge in [-0.1, -0.05) is 53.2 Å². The zero-order valence-corrected chi connectivity index (χ0v) is 21.2. The SMILES string of the molecule is CC12SC(Cl)=CC1=c1nc(-c3ccccc3[O-])[nH]c1=C1C=C(Cl)SC12C.[K+]. The fourth-order valence-corrected chi connectivity index (χ4v) is 7.60. The molecule has 0 fully saturated rings. The summed E-state index contributed by atoms with van der Waals surface area (Å²) in [5.41, 5.74) is 2.74. The van der Waals surface area contributed by atoms with Crippen LogP contribution >= 0.6 is 46.7 Å². The molecule has 2 unspecified atom stereocenters. The summed E-state index contributed by atoms with van der Waals surface area (Å²) in [6.45, 7) is 4.38. The van der Waals surface area contributed by atoms with Gasteiger partial charge in [0.2, 0.25) is 0 Å². The van der Waals surface area contributed by atoms with Gasteiger partial charge < -0.3 is 10.1 Å². The van der Waals surface area contributed by atoms with Gasteiger partial charge in [0.05, 0.1) is 28.9 Å². The number of nitrogens with one attached hydrogen (secondary N) is 1. The molecule has 5 rings (SSSR count). The van der Waals surface area contributed by atoms with Crippen LogP contribution in [-0.4, -0.2) is 19.5 Å². The quantitative estimate of drug-likeness (QED) is 0.637. The normalized spacial score (nSPS) is 28.1. The van der Waals surface area contributed by atoms with Crippen LogP contribution in [0.5, 0.6) is 5.75 Å². The Kier molecular flexibility index (Phi) is 5.32. The Balaban J connectivity index is 0.00000180. The number of para-hydroxylation sites is 1. The number of thioether (sulfide) groups is 2. The van der Waals surface area contributed by atoms with Crippen LogP contribution in [0, 0.1) is 0 Å².